The summed E-state index contributed by atoms with van der Waals surface area (Å²) in [5.74, 6) is 0.486. The van der Waals surface area contributed by atoms with Crippen LogP contribution in [-0.4, -0.2) is 19.5 Å². The Bertz CT molecular complexity index is 316. The number of hydrogen-bond acceptors (Lipinski definition) is 2. The van der Waals surface area contributed by atoms with Gasteiger partial charge in [0.25, 0.3) is 0 Å². The Morgan fingerprint density at radius 3 is 2.71 bits per heavy atom. The highest BCUT2D eigenvalue weighted by atomic mass is 16.5. The maximum absolute atomic E-state index is 11.5. The van der Waals surface area contributed by atoms with Crippen LogP contribution < -0.4 is 0 Å². The molecule has 0 saturated heterocycles. The van der Waals surface area contributed by atoms with E-state index >= 15 is 0 Å². The van der Waals surface area contributed by atoms with Gasteiger partial charge in [-0.3, -0.25) is 4.79 Å². The Balaban J connectivity index is 2.88. The molecule has 0 heterocycles. The van der Waals surface area contributed by atoms with Gasteiger partial charge in [-0.2, -0.15) is 0 Å². The molecule has 0 aliphatic heterocycles. The molecule has 0 aliphatic carbocycles. The highest BCUT2D eigenvalue weighted by Crippen LogP contribution is 2.15. The summed E-state index contributed by atoms with van der Waals surface area (Å²) in [6.45, 7) is 4.38. The highest BCUT2D eigenvalue weighted by Gasteiger charge is 2.06. The number of ether oxygens (including phenoxy) is 1. The van der Waals surface area contributed by atoms with Gasteiger partial charge in [-0.25, -0.2) is 0 Å². The number of methoxy groups -OCH3 is 1. The quantitative estimate of drug-likeness (QED) is 0.685. The molecule has 76 valence electrons. The topological polar surface area (TPSA) is 26.3 Å². The largest absolute Gasteiger partial charge is 0.377 e. The summed E-state index contributed by atoms with van der Waals surface area (Å²) in [6, 6.07) is 7.71. The third-order valence-electron chi connectivity index (χ3n) is 2.15. The Morgan fingerprint density at radius 2 is 2.14 bits per heavy atom. The van der Waals surface area contributed by atoms with Crippen molar-refractivity contribution in [3.63, 3.8) is 0 Å². The van der Waals surface area contributed by atoms with E-state index < -0.39 is 0 Å². The van der Waals surface area contributed by atoms with Crippen molar-refractivity contribution < 1.29 is 9.53 Å². The lowest BCUT2D eigenvalue weighted by molar-refractivity contribution is 0.0848. The molecule has 0 amide bonds. The van der Waals surface area contributed by atoms with Crippen molar-refractivity contribution in [1.29, 1.82) is 0 Å². The number of hydrogen-bond donors (Lipinski definition) is 0. The molecular weight excluding hydrogens is 176 g/mol. The Kier molecular flexibility index (Phi) is 3.84. The Morgan fingerprint density at radius 1 is 1.43 bits per heavy atom. The first-order valence-electron chi connectivity index (χ1n) is 4.77. The third kappa shape index (κ3) is 2.67. The maximum Gasteiger partial charge on any atom is 0.188 e. The van der Waals surface area contributed by atoms with Crippen LogP contribution in [0.25, 0.3) is 0 Å². The summed E-state index contributed by atoms with van der Waals surface area (Å²) in [6.07, 6.45) is 0. The average Bonchev–Trinajstić information content (AvgIpc) is 2.18. The van der Waals surface area contributed by atoms with Crippen molar-refractivity contribution in [3.05, 3.63) is 35.4 Å². The molecule has 0 fully saturated rings. The van der Waals surface area contributed by atoms with Gasteiger partial charge in [0.2, 0.25) is 0 Å². The second-order valence-electron chi connectivity index (χ2n) is 3.64. The molecule has 1 rings (SSSR count). The number of carbonyl (C=O) groups excluding carboxylic acids is 1. The predicted octanol–water partition coefficient (Wildman–Crippen LogP) is 2.64. The summed E-state index contributed by atoms with van der Waals surface area (Å²) < 4.78 is 4.81. The number of carbonyl (C=O) groups is 1. The summed E-state index contributed by atoms with van der Waals surface area (Å²) in [5.41, 5.74) is 1.92. The fourth-order valence-corrected chi connectivity index (χ4v) is 1.29. The summed E-state index contributed by atoms with van der Waals surface area (Å²) >= 11 is 0. The fraction of sp³-hybridized carbons (Fsp3) is 0.417. The molecule has 0 atom stereocenters. The minimum atomic E-state index is 0.0370. The van der Waals surface area contributed by atoms with Crippen molar-refractivity contribution >= 4 is 5.78 Å². The molecule has 0 saturated carbocycles. The van der Waals surface area contributed by atoms with E-state index in [-0.39, 0.29) is 12.4 Å². The SMILES string of the molecule is COCC(=O)c1cccc(C(C)C)c1. The van der Waals surface area contributed by atoms with E-state index in [0.29, 0.717) is 5.92 Å². The van der Waals surface area contributed by atoms with E-state index in [1.165, 1.54) is 12.7 Å². The zero-order valence-electron chi connectivity index (χ0n) is 8.91. The van der Waals surface area contributed by atoms with E-state index in [9.17, 15) is 4.79 Å². The van der Waals surface area contributed by atoms with Gasteiger partial charge < -0.3 is 4.74 Å². The average molecular weight is 192 g/mol. The molecule has 0 spiro atoms. The third-order valence-corrected chi connectivity index (χ3v) is 2.15. The normalized spacial score (nSPS) is 10.6. The Hall–Kier alpha value is -1.15. The fourth-order valence-electron chi connectivity index (χ4n) is 1.29. The first-order chi connectivity index (χ1) is 6.65. The van der Waals surface area contributed by atoms with Crippen LogP contribution in [0.15, 0.2) is 24.3 Å². The molecule has 14 heavy (non-hydrogen) atoms. The van der Waals surface area contributed by atoms with Crippen LogP contribution in [0.4, 0.5) is 0 Å². The van der Waals surface area contributed by atoms with Gasteiger partial charge in [-0.05, 0) is 17.5 Å². The van der Waals surface area contributed by atoms with Crippen LogP contribution in [0, 0.1) is 0 Å². The molecule has 0 unspecified atom stereocenters. The molecule has 0 bridgehead atoms. The molecule has 2 heteroatoms. The molecule has 0 radical (unpaired) electrons. The van der Waals surface area contributed by atoms with Crippen molar-refractivity contribution in [2.45, 2.75) is 19.8 Å². The van der Waals surface area contributed by atoms with Gasteiger partial charge >= 0.3 is 0 Å². The van der Waals surface area contributed by atoms with Crippen molar-refractivity contribution in [1.82, 2.24) is 0 Å². The monoisotopic (exact) mass is 192 g/mol. The molecular formula is C12H16O2. The van der Waals surface area contributed by atoms with Crippen molar-refractivity contribution in [2.24, 2.45) is 0 Å². The molecule has 0 aliphatic rings. The van der Waals surface area contributed by atoms with Gasteiger partial charge in [-0.1, -0.05) is 32.0 Å². The first-order valence-corrected chi connectivity index (χ1v) is 4.77. The van der Waals surface area contributed by atoms with Gasteiger partial charge in [0.15, 0.2) is 5.78 Å². The van der Waals surface area contributed by atoms with Crippen LogP contribution >= 0.6 is 0 Å². The van der Waals surface area contributed by atoms with E-state index in [1.54, 1.807) is 0 Å². The molecule has 0 aromatic heterocycles. The van der Waals surface area contributed by atoms with Gasteiger partial charge in [0.1, 0.15) is 6.61 Å². The minimum Gasteiger partial charge on any atom is -0.377 e. The van der Waals surface area contributed by atoms with Crippen LogP contribution in [0.2, 0.25) is 0 Å². The molecule has 2 nitrogen and oxygen atoms in total. The van der Waals surface area contributed by atoms with Crippen LogP contribution in [0.5, 0.6) is 0 Å². The zero-order chi connectivity index (χ0) is 10.6. The van der Waals surface area contributed by atoms with Gasteiger partial charge in [-0.15, -0.1) is 0 Å². The van der Waals surface area contributed by atoms with E-state index in [2.05, 4.69) is 13.8 Å². The number of rotatable bonds is 4. The molecule has 1 aromatic carbocycles. The molecule has 0 N–H and O–H groups in total. The smallest absolute Gasteiger partial charge is 0.188 e. The summed E-state index contributed by atoms with van der Waals surface area (Å²) in [7, 11) is 1.53. The zero-order valence-corrected chi connectivity index (χ0v) is 8.91. The molecule has 1 aromatic rings. The first kappa shape index (κ1) is 10.9. The van der Waals surface area contributed by atoms with Gasteiger partial charge in [0, 0.05) is 12.7 Å². The number of ketones is 1. The van der Waals surface area contributed by atoms with E-state index in [0.717, 1.165) is 5.56 Å². The predicted molar refractivity (Wildman–Crippen MR) is 56.7 cm³/mol. The summed E-state index contributed by atoms with van der Waals surface area (Å²) in [5, 5.41) is 0. The number of Topliss-reactive ketones (excluding diaryl/α,β-unsaturated/α-hetero) is 1. The Labute approximate surface area is 84.9 Å². The van der Waals surface area contributed by atoms with Crippen LogP contribution in [0.1, 0.15) is 35.7 Å². The maximum atomic E-state index is 11.5. The van der Waals surface area contributed by atoms with Gasteiger partial charge in [0.05, 0.1) is 0 Å². The van der Waals surface area contributed by atoms with E-state index in [4.69, 9.17) is 4.74 Å². The lowest BCUT2D eigenvalue weighted by Gasteiger charge is -2.06. The number of benzene rings is 1. The second-order valence-corrected chi connectivity index (χ2v) is 3.64. The second kappa shape index (κ2) is 4.91. The summed E-state index contributed by atoms with van der Waals surface area (Å²) in [4.78, 5) is 11.5. The highest BCUT2D eigenvalue weighted by molar-refractivity contribution is 5.97. The standard InChI is InChI=1S/C12H16O2/c1-9(2)10-5-4-6-11(7-10)12(13)8-14-3/h4-7,9H,8H2,1-3H3. The van der Waals surface area contributed by atoms with Crippen molar-refractivity contribution in [3.8, 4) is 0 Å². The van der Waals surface area contributed by atoms with E-state index in [1.807, 2.05) is 24.3 Å². The van der Waals surface area contributed by atoms with Crippen LogP contribution in [0.3, 0.4) is 0 Å². The van der Waals surface area contributed by atoms with Crippen molar-refractivity contribution in [2.75, 3.05) is 13.7 Å². The lowest BCUT2D eigenvalue weighted by Crippen LogP contribution is -2.07. The minimum absolute atomic E-state index is 0.0370. The van der Waals surface area contributed by atoms with Crippen LogP contribution in [-0.2, 0) is 4.74 Å². The lowest BCUT2D eigenvalue weighted by atomic mass is 9.99.